The van der Waals surface area contributed by atoms with Crippen LogP contribution >= 0.6 is 11.3 Å². The second-order valence-corrected chi connectivity index (χ2v) is 11.8. The van der Waals surface area contributed by atoms with Crippen molar-refractivity contribution in [1.29, 1.82) is 0 Å². The molecule has 0 saturated carbocycles. The maximum absolute atomic E-state index is 13.1. The Kier molecular flexibility index (Phi) is 6.28. The molecule has 0 bridgehead atoms. The number of aromatic nitrogens is 1. The number of sulfonamides is 2. The van der Waals surface area contributed by atoms with Crippen LogP contribution in [0.25, 0.3) is 0 Å². The molecule has 0 unspecified atom stereocenters. The van der Waals surface area contributed by atoms with Crippen LogP contribution in [0.4, 0.5) is 11.6 Å². The van der Waals surface area contributed by atoms with E-state index in [1.54, 1.807) is 19.9 Å². The highest BCUT2D eigenvalue weighted by Crippen LogP contribution is 2.37. The lowest BCUT2D eigenvalue weighted by Crippen LogP contribution is -2.23. The number of anilines is 2. The summed E-state index contributed by atoms with van der Waals surface area (Å²) in [7, 11) is -7.68. The van der Waals surface area contributed by atoms with Gasteiger partial charge in [0.1, 0.15) is 9.77 Å². The van der Waals surface area contributed by atoms with Gasteiger partial charge in [0.15, 0.2) is 11.5 Å². The predicted molar refractivity (Wildman–Crippen MR) is 123 cm³/mol. The van der Waals surface area contributed by atoms with E-state index in [4.69, 9.17) is 14.0 Å². The first-order valence-electron chi connectivity index (χ1n) is 9.66. The second kappa shape index (κ2) is 8.90. The van der Waals surface area contributed by atoms with Gasteiger partial charge in [0.05, 0.1) is 11.9 Å². The van der Waals surface area contributed by atoms with Gasteiger partial charge in [-0.2, -0.15) is 0 Å². The van der Waals surface area contributed by atoms with E-state index in [1.807, 2.05) is 0 Å². The molecule has 4 rings (SSSR count). The fourth-order valence-corrected chi connectivity index (χ4v) is 5.78. The molecule has 0 radical (unpaired) electrons. The van der Waals surface area contributed by atoms with E-state index in [9.17, 15) is 21.6 Å². The zero-order valence-electron chi connectivity index (χ0n) is 18.2. The highest BCUT2D eigenvalue weighted by atomic mass is 32.2. The quantitative estimate of drug-likeness (QED) is 0.397. The number of hydrogen-bond donors (Lipinski definition) is 3. The molecule has 34 heavy (non-hydrogen) atoms. The van der Waals surface area contributed by atoms with Crippen LogP contribution in [0, 0.1) is 13.8 Å². The third kappa shape index (κ3) is 5.01. The zero-order chi connectivity index (χ0) is 24.7. The number of nitrogens with one attached hydrogen (secondary N) is 3. The molecule has 0 aliphatic carbocycles. The Morgan fingerprint density at radius 1 is 1.15 bits per heavy atom. The molecule has 0 saturated heterocycles. The van der Waals surface area contributed by atoms with Crippen LogP contribution in [0.15, 0.2) is 33.0 Å². The molecular weight excluding hydrogens is 508 g/mol. The number of aryl methyl sites for hydroxylation is 1. The molecule has 1 aliphatic rings. The number of benzene rings is 1. The maximum Gasteiger partial charge on any atom is 0.267 e. The van der Waals surface area contributed by atoms with Crippen molar-refractivity contribution in [3.63, 3.8) is 0 Å². The van der Waals surface area contributed by atoms with Gasteiger partial charge in [-0.1, -0.05) is 5.16 Å². The van der Waals surface area contributed by atoms with Crippen molar-refractivity contribution in [3.8, 4) is 11.5 Å². The normalized spacial score (nSPS) is 13.1. The minimum atomic E-state index is -4.17. The first-order valence-corrected chi connectivity index (χ1v) is 13.9. The molecule has 12 nitrogen and oxygen atoms in total. The summed E-state index contributed by atoms with van der Waals surface area (Å²) in [6.45, 7) is 3.16. The van der Waals surface area contributed by atoms with E-state index < -0.39 is 26.0 Å². The van der Waals surface area contributed by atoms with Gasteiger partial charge in [-0.05, 0) is 36.9 Å². The molecule has 182 valence electrons. The fourth-order valence-electron chi connectivity index (χ4n) is 3.00. The van der Waals surface area contributed by atoms with E-state index in [0.29, 0.717) is 28.3 Å². The molecular formula is C19H20N4O8S3. The van der Waals surface area contributed by atoms with Gasteiger partial charge in [0.25, 0.3) is 15.9 Å². The minimum Gasteiger partial charge on any atom is -0.454 e. The van der Waals surface area contributed by atoms with Crippen molar-refractivity contribution in [3.05, 3.63) is 45.3 Å². The Morgan fingerprint density at radius 3 is 2.50 bits per heavy atom. The summed E-state index contributed by atoms with van der Waals surface area (Å²) in [5.74, 6) is 0.000144. The Morgan fingerprint density at radius 2 is 1.85 bits per heavy atom. The second-order valence-electron chi connectivity index (χ2n) is 7.35. The van der Waals surface area contributed by atoms with Crippen LogP contribution in [-0.2, 0) is 26.6 Å². The van der Waals surface area contributed by atoms with Gasteiger partial charge in [-0.25, -0.2) is 26.3 Å². The summed E-state index contributed by atoms with van der Waals surface area (Å²) in [5, 5.41) is 7.83. The summed E-state index contributed by atoms with van der Waals surface area (Å²) in [4.78, 5) is 12.7. The standard InChI is InChI=1S/C19H20N4O8S3/c1-10-11(2)22-31-19(10)23-34(27,28)16-4-5-32-17(16)18(24)21-13-7-15-14(29-9-30-15)6-12(13)8-20-33(3,25)26/h4-7,20,23H,8-9H2,1-3H3,(H,21,24). The molecule has 0 atom stereocenters. The Labute approximate surface area is 199 Å². The molecule has 1 aromatic carbocycles. The SMILES string of the molecule is Cc1noc(NS(=O)(=O)c2ccsc2C(=O)Nc2cc3c(cc2CNS(C)(=O)=O)OCO3)c1C. The number of carbonyl (C=O) groups is 1. The Bertz CT molecular complexity index is 1470. The average Bonchev–Trinajstić information content (AvgIpc) is 3.48. The van der Waals surface area contributed by atoms with Gasteiger partial charge in [0.2, 0.25) is 22.7 Å². The van der Waals surface area contributed by atoms with Crippen LogP contribution in [0.3, 0.4) is 0 Å². The number of hydrogen-bond acceptors (Lipinski definition) is 10. The predicted octanol–water partition coefficient (Wildman–Crippen LogP) is 2.18. The van der Waals surface area contributed by atoms with E-state index in [-0.39, 0.29) is 34.7 Å². The highest BCUT2D eigenvalue weighted by molar-refractivity contribution is 7.93. The van der Waals surface area contributed by atoms with E-state index in [0.717, 1.165) is 17.6 Å². The van der Waals surface area contributed by atoms with Crippen molar-refractivity contribution in [2.45, 2.75) is 25.3 Å². The first kappa shape index (κ1) is 24.0. The third-order valence-corrected chi connectivity index (χ3v) is 7.96. The van der Waals surface area contributed by atoms with Crippen molar-refractivity contribution in [1.82, 2.24) is 9.88 Å². The lowest BCUT2D eigenvalue weighted by molar-refractivity contribution is 0.102. The number of fused-ring (bicyclic) bond motifs is 1. The van der Waals surface area contributed by atoms with E-state index in [1.165, 1.54) is 17.5 Å². The largest absolute Gasteiger partial charge is 0.454 e. The summed E-state index contributed by atoms with van der Waals surface area (Å²) >= 11 is 0.928. The molecule has 0 fully saturated rings. The van der Waals surface area contributed by atoms with Gasteiger partial charge < -0.3 is 19.3 Å². The van der Waals surface area contributed by atoms with Gasteiger partial charge in [0, 0.05) is 23.9 Å². The number of thiophene rings is 1. The molecule has 3 aromatic rings. The summed E-state index contributed by atoms with van der Waals surface area (Å²) in [5.41, 5.74) is 1.68. The van der Waals surface area contributed by atoms with Crippen LogP contribution in [-0.4, -0.2) is 40.9 Å². The fraction of sp³-hybridized carbons (Fsp3) is 0.263. The molecule has 1 aliphatic heterocycles. The molecule has 1 amide bonds. The van der Waals surface area contributed by atoms with Crippen LogP contribution < -0.4 is 24.2 Å². The summed E-state index contributed by atoms with van der Waals surface area (Å²) < 4.78 is 69.3. The van der Waals surface area contributed by atoms with Gasteiger partial charge in [-0.15, -0.1) is 11.3 Å². The number of amides is 1. The molecule has 15 heteroatoms. The lowest BCUT2D eigenvalue weighted by atomic mass is 10.1. The number of rotatable bonds is 8. The summed E-state index contributed by atoms with van der Waals surface area (Å²) in [6.07, 6.45) is 1.01. The van der Waals surface area contributed by atoms with Crippen molar-refractivity contribution >= 4 is 48.9 Å². The van der Waals surface area contributed by atoms with Crippen molar-refractivity contribution in [2.75, 3.05) is 23.1 Å². The smallest absolute Gasteiger partial charge is 0.267 e. The molecule has 0 spiro atoms. The van der Waals surface area contributed by atoms with Crippen LogP contribution in [0.2, 0.25) is 0 Å². The molecule has 3 heterocycles. The molecule has 2 aromatic heterocycles. The van der Waals surface area contributed by atoms with Crippen molar-refractivity contribution < 1.29 is 35.6 Å². The van der Waals surface area contributed by atoms with Gasteiger partial charge in [-0.3, -0.25) is 4.79 Å². The first-order chi connectivity index (χ1) is 15.9. The third-order valence-electron chi connectivity index (χ3n) is 4.88. The zero-order valence-corrected chi connectivity index (χ0v) is 20.6. The molecule has 3 N–H and O–H groups in total. The highest BCUT2D eigenvalue weighted by Gasteiger charge is 2.27. The summed E-state index contributed by atoms with van der Waals surface area (Å²) in [6, 6.07) is 4.32. The van der Waals surface area contributed by atoms with E-state index >= 15 is 0 Å². The average molecular weight is 529 g/mol. The number of carbonyl (C=O) groups excluding carboxylic acids is 1. The minimum absolute atomic E-state index is 0.0226. The van der Waals surface area contributed by atoms with Crippen LogP contribution in [0.1, 0.15) is 26.5 Å². The van der Waals surface area contributed by atoms with E-state index in [2.05, 4.69) is 19.9 Å². The maximum atomic E-state index is 13.1. The number of nitrogens with zero attached hydrogens (tertiary/aromatic N) is 1. The Hall–Kier alpha value is -3.14. The monoisotopic (exact) mass is 528 g/mol. The topological polar surface area (TPSA) is 166 Å². The Balaban J connectivity index is 1.62. The van der Waals surface area contributed by atoms with Gasteiger partial charge >= 0.3 is 0 Å². The van der Waals surface area contributed by atoms with Crippen LogP contribution in [0.5, 0.6) is 11.5 Å². The number of ether oxygens (including phenoxy) is 2. The van der Waals surface area contributed by atoms with Crippen molar-refractivity contribution in [2.24, 2.45) is 0 Å². The lowest BCUT2D eigenvalue weighted by Gasteiger charge is -2.13.